The van der Waals surface area contributed by atoms with E-state index >= 15 is 0 Å². The Morgan fingerprint density at radius 1 is 1.30 bits per heavy atom. The van der Waals surface area contributed by atoms with Crippen LogP contribution in [0.2, 0.25) is 0 Å². The van der Waals surface area contributed by atoms with Gasteiger partial charge in [0.15, 0.2) is 0 Å². The minimum Gasteiger partial charge on any atom is -0.390 e. The lowest BCUT2D eigenvalue weighted by atomic mass is 10.1. The molecule has 0 bridgehead atoms. The van der Waals surface area contributed by atoms with E-state index in [1.807, 2.05) is 31.2 Å². The molecule has 1 aliphatic carbocycles. The van der Waals surface area contributed by atoms with Crippen LogP contribution in [-0.2, 0) is 6.42 Å². The smallest absolute Gasteiger partial charge is 0.290 e. The maximum absolute atomic E-state index is 12.5. The number of hydrogen-bond donors (Lipinski definition) is 2. The van der Waals surface area contributed by atoms with E-state index in [1.54, 1.807) is 12.3 Å². The monoisotopic (exact) mass is 309 g/mol. The molecule has 0 aliphatic heterocycles. The molecule has 0 unspecified atom stereocenters. The van der Waals surface area contributed by atoms with Gasteiger partial charge < -0.3 is 10.4 Å². The number of amides is 1. The number of fused-ring (bicyclic) bond motifs is 2. The third-order valence-electron chi connectivity index (χ3n) is 4.11. The molecule has 3 aromatic rings. The number of carbonyl (C=O) groups excluding carboxylic acids is 1. The van der Waals surface area contributed by atoms with E-state index in [4.69, 9.17) is 0 Å². The highest BCUT2D eigenvalue weighted by Crippen LogP contribution is 2.31. The van der Waals surface area contributed by atoms with Crippen LogP contribution in [0.1, 0.15) is 33.5 Å². The highest BCUT2D eigenvalue weighted by Gasteiger charge is 2.33. The standard InChI is InChI=1S/C16H15N5O2/c1-9-6-7-21-14(19-20-16(21)17-9)15(23)18-13-11-5-3-2-4-10(11)8-12(13)22/h2-7,12-13,22H,8H2,1H3,(H,18,23)/t12-,13+/m0/s1. The van der Waals surface area contributed by atoms with Crippen molar-refractivity contribution in [3.05, 3.63) is 59.2 Å². The molecule has 7 nitrogen and oxygen atoms in total. The first-order valence-electron chi connectivity index (χ1n) is 7.38. The molecule has 4 rings (SSSR count). The van der Waals surface area contributed by atoms with Crippen molar-refractivity contribution in [2.75, 3.05) is 0 Å². The molecule has 0 radical (unpaired) electrons. The summed E-state index contributed by atoms with van der Waals surface area (Å²) in [6, 6.07) is 9.05. The van der Waals surface area contributed by atoms with Crippen LogP contribution in [0.15, 0.2) is 36.5 Å². The first-order chi connectivity index (χ1) is 11.1. The fraction of sp³-hybridized carbons (Fsp3) is 0.250. The number of carbonyl (C=O) groups is 1. The fourth-order valence-electron chi connectivity index (χ4n) is 2.98. The number of benzene rings is 1. The number of rotatable bonds is 2. The van der Waals surface area contributed by atoms with Crippen LogP contribution < -0.4 is 5.32 Å². The van der Waals surface area contributed by atoms with Gasteiger partial charge in [0.25, 0.3) is 11.7 Å². The predicted octanol–water partition coefficient (Wildman–Crippen LogP) is 0.821. The molecule has 2 N–H and O–H groups in total. The third-order valence-corrected chi connectivity index (χ3v) is 4.11. The van der Waals surface area contributed by atoms with Crippen LogP contribution in [0, 0.1) is 6.92 Å². The fourth-order valence-corrected chi connectivity index (χ4v) is 2.98. The Bertz CT molecular complexity index is 904. The first-order valence-corrected chi connectivity index (χ1v) is 7.38. The van der Waals surface area contributed by atoms with Crippen molar-refractivity contribution in [3.8, 4) is 0 Å². The lowest BCUT2D eigenvalue weighted by molar-refractivity contribution is 0.0847. The Morgan fingerprint density at radius 2 is 2.13 bits per heavy atom. The largest absolute Gasteiger partial charge is 0.390 e. The number of aromatic nitrogens is 4. The van der Waals surface area contributed by atoms with Crippen molar-refractivity contribution < 1.29 is 9.90 Å². The number of aliphatic hydroxyl groups excluding tert-OH is 1. The molecule has 116 valence electrons. The topological polar surface area (TPSA) is 92.4 Å². The van der Waals surface area contributed by atoms with E-state index in [0.29, 0.717) is 12.2 Å². The molecular formula is C16H15N5O2. The molecule has 1 amide bonds. The summed E-state index contributed by atoms with van der Waals surface area (Å²) in [5, 5.41) is 20.9. The summed E-state index contributed by atoms with van der Waals surface area (Å²) in [5.74, 6) is 0.149. The summed E-state index contributed by atoms with van der Waals surface area (Å²) < 4.78 is 1.54. The first kappa shape index (κ1) is 13.8. The van der Waals surface area contributed by atoms with Crippen molar-refractivity contribution in [2.24, 2.45) is 0 Å². The van der Waals surface area contributed by atoms with Crippen molar-refractivity contribution >= 4 is 11.7 Å². The number of aryl methyl sites for hydroxylation is 1. The molecule has 0 saturated carbocycles. The van der Waals surface area contributed by atoms with Crippen LogP contribution in [-0.4, -0.2) is 36.7 Å². The van der Waals surface area contributed by atoms with Gasteiger partial charge in [0.2, 0.25) is 5.82 Å². The van der Waals surface area contributed by atoms with Gasteiger partial charge in [-0.25, -0.2) is 4.98 Å². The molecule has 7 heteroatoms. The minimum atomic E-state index is -0.643. The van der Waals surface area contributed by atoms with Gasteiger partial charge in [-0.2, -0.15) is 0 Å². The van der Waals surface area contributed by atoms with Crippen molar-refractivity contribution in [2.45, 2.75) is 25.5 Å². The second-order valence-electron chi connectivity index (χ2n) is 5.68. The number of aliphatic hydroxyl groups is 1. The number of hydrogen-bond acceptors (Lipinski definition) is 5. The van der Waals surface area contributed by atoms with E-state index in [0.717, 1.165) is 16.8 Å². The molecule has 1 aromatic carbocycles. The van der Waals surface area contributed by atoms with Gasteiger partial charge in [0, 0.05) is 18.3 Å². The Balaban J connectivity index is 1.65. The van der Waals surface area contributed by atoms with E-state index in [-0.39, 0.29) is 11.7 Å². The van der Waals surface area contributed by atoms with Crippen LogP contribution >= 0.6 is 0 Å². The summed E-state index contributed by atoms with van der Waals surface area (Å²) >= 11 is 0. The Labute approximate surface area is 132 Å². The molecule has 0 saturated heterocycles. The van der Waals surface area contributed by atoms with Gasteiger partial charge in [-0.3, -0.25) is 9.20 Å². The van der Waals surface area contributed by atoms with E-state index in [9.17, 15) is 9.90 Å². The molecule has 0 fully saturated rings. The molecule has 2 heterocycles. The molecule has 0 spiro atoms. The lowest BCUT2D eigenvalue weighted by Gasteiger charge is -2.17. The van der Waals surface area contributed by atoms with E-state index in [1.165, 1.54) is 4.40 Å². The summed E-state index contributed by atoms with van der Waals surface area (Å²) in [7, 11) is 0. The predicted molar refractivity (Wildman–Crippen MR) is 81.9 cm³/mol. The van der Waals surface area contributed by atoms with Crippen LogP contribution in [0.4, 0.5) is 0 Å². The summed E-state index contributed by atoms with van der Waals surface area (Å²) in [4.78, 5) is 16.8. The Kier molecular flexibility index (Phi) is 3.09. The molecule has 2 atom stereocenters. The minimum absolute atomic E-state index is 0.157. The zero-order valence-corrected chi connectivity index (χ0v) is 12.5. The van der Waals surface area contributed by atoms with Gasteiger partial charge in [-0.05, 0) is 24.1 Å². The quantitative estimate of drug-likeness (QED) is 0.731. The Morgan fingerprint density at radius 3 is 3.00 bits per heavy atom. The number of nitrogens with one attached hydrogen (secondary N) is 1. The van der Waals surface area contributed by atoms with E-state index in [2.05, 4.69) is 20.5 Å². The van der Waals surface area contributed by atoms with Crippen molar-refractivity contribution in [3.63, 3.8) is 0 Å². The molecule has 1 aliphatic rings. The zero-order chi connectivity index (χ0) is 16.0. The van der Waals surface area contributed by atoms with Crippen molar-refractivity contribution in [1.29, 1.82) is 0 Å². The van der Waals surface area contributed by atoms with E-state index < -0.39 is 12.1 Å². The average Bonchev–Trinajstić information content (AvgIpc) is 3.08. The zero-order valence-electron chi connectivity index (χ0n) is 12.5. The Hall–Kier alpha value is -2.80. The van der Waals surface area contributed by atoms with Crippen LogP contribution in [0.25, 0.3) is 5.78 Å². The van der Waals surface area contributed by atoms with Gasteiger partial charge >= 0.3 is 0 Å². The SMILES string of the molecule is Cc1ccn2c(C(=O)N[C@@H]3c4ccccc4C[C@@H]3O)nnc2n1. The summed E-state index contributed by atoms with van der Waals surface area (Å²) in [6.45, 7) is 1.85. The van der Waals surface area contributed by atoms with Crippen LogP contribution in [0.5, 0.6) is 0 Å². The van der Waals surface area contributed by atoms with Gasteiger partial charge in [-0.1, -0.05) is 24.3 Å². The highest BCUT2D eigenvalue weighted by molar-refractivity contribution is 5.91. The second kappa shape index (κ2) is 5.13. The maximum atomic E-state index is 12.5. The van der Waals surface area contributed by atoms with Gasteiger partial charge in [-0.15, -0.1) is 10.2 Å². The highest BCUT2D eigenvalue weighted by atomic mass is 16.3. The molecular weight excluding hydrogens is 294 g/mol. The maximum Gasteiger partial charge on any atom is 0.290 e. The van der Waals surface area contributed by atoms with Gasteiger partial charge in [0.1, 0.15) is 0 Å². The summed E-state index contributed by atoms with van der Waals surface area (Å²) in [5.41, 5.74) is 2.79. The third kappa shape index (κ3) is 2.25. The normalized spacial score (nSPS) is 19.7. The average molecular weight is 309 g/mol. The molecule has 23 heavy (non-hydrogen) atoms. The lowest BCUT2D eigenvalue weighted by Crippen LogP contribution is -2.34. The second-order valence-corrected chi connectivity index (χ2v) is 5.68. The van der Waals surface area contributed by atoms with Gasteiger partial charge in [0.05, 0.1) is 12.1 Å². The van der Waals surface area contributed by atoms with Crippen LogP contribution in [0.3, 0.4) is 0 Å². The molecule has 2 aromatic heterocycles. The summed E-state index contributed by atoms with van der Waals surface area (Å²) in [6.07, 6.45) is 1.60. The van der Waals surface area contributed by atoms with Crippen molar-refractivity contribution in [1.82, 2.24) is 24.9 Å². The number of nitrogens with zero attached hydrogens (tertiary/aromatic N) is 4.